The van der Waals surface area contributed by atoms with Crippen LogP contribution in [0.2, 0.25) is 0 Å². The van der Waals surface area contributed by atoms with Crippen LogP contribution < -0.4 is 16.0 Å². The summed E-state index contributed by atoms with van der Waals surface area (Å²) < 4.78 is 0.293. The summed E-state index contributed by atoms with van der Waals surface area (Å²) in [6.07, 6.45) is 2.54. The predicted octanol–water partition coefficient (Wildman–Crippen LogP) is 3.56. The third-order valence-electron chi connectivity index (χ3n) is 4.37. The van der Waals surface area contributed by atoms with Crippen LogP contribution in [0.5, 0.6) is 0 Å². The molecule has 6 heteroatoms. The first-order valence-electron chi connectivity index (χ1n) is 9.78. The van der Waals surface area contributed by atoms with Crippen molar-refractivity contribution in [2.24, 2.45) is 4.99 Å². The first-order chi connectivity index (χ1) is 12.7. The monoisotopic (exact) mass is 390 g/mol. The van der Waals surface area contributed by atoms with E-state index in [0.29, 0.717) is 16.9 Å². The van der Waals surface area contributed by atoms with Crippen molar-refractivity contribution in [3.8, 4) is 0 Å². The summed E-state index contributed by atoms with van der Waals surface area (Å²) in [6.45, 7) is 12.6. The van der Waals surface area contributed by atoms with Crippen LogP contribution >= 0.6 is 11.8 Å². The number of guanidine groups is 1. The Kier molecular flexibility index (Phi) is 7.59. The van der Waals surface area contributed by atoms with Crippen molar-refractivity contribution in [3.63, 3.8) is 0 Å². The minimum Gasteiger partial charge on any atom is -0.357 e. The lowest BCUT2D eigenvalue weighted by molar-refractivity contribution is 0.0919. The molecule has 1 unspecified atom stereocenters. The first kappa shape index (κ1) is 21.6. The van der Waals surface area contributed by atoms with Gasteiger partial charge in [0.25, 0.3) is 5.91 Å². The van der Waals surface area contributed by atoms with Crippen molar-refractivity contribution in [1.82, 2.24) is 16.0 Å². The van der Waals surface area contributed by atoms with Crippen molar-refractivity contribution < 1.29 is 4.79 Å². The van der Waals surface area contributed by atoms with Crippen LogP contribution in [0, 0.1) is 0 Å². The van der Waals surface area contributed by atoms with Crippen LogP contribution in [0.25, 0.3) is 0 Å². The summed E-state index contributed by atoms with van der Waals surface area (Å²) in [5.74, 6) is 2.02. The van der Waals surface area contributed by atoms with E-state index in [-0.39, 0.29) is 11.4 Å². The molecule has 1 aliphatic rings. The van der Waals surface area contributed by atoms with E-state index >= 15 is 0 Å². The number of nitrogens with one attached hydrogen (secondary N) is 3. The fraction of sp³-hybridized carbons (Fsp3) is 0.619. The molecule has 1 saturated heterocycles. The zero-order valence-electron chi connectivity index (χ0n) is 17.3. The van der Waals surface area contributed by atoms with E-state index in [1.807, 2.05) is 56.8 Å². The minimum atomic E-state index is -0.248. The van der Waals surface area contributed by atoms with Crippen LogP contribution in [-0.4, -0.2) is 41.0 Å². The lowest BCUT2D eigenvalue weighted by Crippen LogP contribution is -2.43. The van der Waals surface area contributed by atoms with Crippen molar-refractivity contribution in [2.75, 3.05) is 18.8 Å². The van der Waals surface area contributed by atoms with Gasteiger partial charge in [0, 0.05) is 28.9 Å². The predicted molar refractivity (Wildman–Crippen MR) is 117 cm³/mol. The van der Waals surface area contributed by atoms with Gasteiger partial charge in [0.2, 0.25) is 0 Å². The zero-order valence-corrected chi connectivity index (χ0v) is 18.1. The van der Waals surface area contributed by atoms with E-state index in [9.17, 15) is 4.79 Å². The number of rotatable bonds is 6. The maximum Gasteiger partial charge on any atom is 0.251 e. The highest BCUT2D eigenvalue weighted by Gasteiger charge is 2.29. The lowest BCUT2D eigenvalue weighted by atomic mass is 10.1. The van der Waals surface area contributed by atoms with Crippen LogP contribution in [0.3, 0.4) is 0 Å². The number of carbonyl (C=O) groups excluding carboxylic acids is 1. The number of carbonyl (C=O) groups is 1. The highest BCUT2D eigenvalue weighted by molar-refractivity contribution is 8.00. The number of benzene rings is 1. The van der Waals surface area contributed by atoms with Gasteiger partial charge >= 0.3 is 0 Å². The quantitative estimate of drug-likeness (QED) is 0.513. The van der Waals surface area contributed by atoms with E-state index in [2.05, 4.69) is 29.8 Å². The van der Waals surface area contributed by atoms with Crippen LogP contribution in [0.1, 0.15) is 63.4 Å². The van der Waals surface area contributed by atoms with Crippen LogP contribution in [-0.2, 0) is 6.54 Å². The van der Waals surface area contributed by atoms with E-state index in [0.717, 1.165) is 24.6 Å². The molecule has 3 N–H and O–H groups in total. The van der Waals surface area contributed by atoms with Gasteiger partial charge in [0.1, 0.15) is 0 Å². The van der Waals surface area contributed by atoms with E-state index in [1.165, 1.54) is 18.6 Å². The van der Waals surface area contributed by atoms with Gasteiger partial charge in [-0.05, 0) is 70.9 Å². The second kappa shape index (κ2) is 9.49. The Balaban J connectivity index is 2.00. The third kappa shape index (κ3) is 7.45. The average molecular weight is 391 g/mol. The van der Waals surface area contributed by atoms with E-state index in [1.54, 1.807) is 0 Å². The standard InChI is InChI=1S/C21H34N4OS/c1-6-22-19(24-15-21(5)11-8-12-27-21)23-14-16-9-7-10-17(13-16)18(26)25-20(2,3)4/h7,9-10,13H,6,8,11-12,14-15H2,1-5H3,(H,25,26)(H2,22,23,24). The smallest absolute Gasteiger partial charge is 0.251 e. The molecule has 5 nitrogen and oxygen atoms in total. The molecular weight excluding hydrogens is 356 g/mol. The minimum absolute atomic E-state index is 0.0513. The Morgan fingerprint density at radius 2 is 2.07 bits per heavy atom. The molecule has 1 aromatic rings. The number of hydrogen-bond donors (Lipinski definition) is 3. The van der Waals surface area contributed by atoms with E-state index in [4.69, 9.17) is 4.99 Å². The van der Waals surface area contributed by atoms with Crippen LogP contribution in [0.15, 0.2) is 29.3 Å². The number of hydrogen-bond acceptors (Lipinski definition) is 3. The van der Waals surface area contributed by atoms with Gasteiger partial charge in [-0.3, -0.25) is 4.79 Å². The maximum atomic E-state index is 12.4. The van der Waals surface area contributed by atoms with Crippen molar-refractivity contribution in [2.45, 2.75) is 64.3 Å². The second-order valence-corrected chi connectivity index (χ2v) is 10.0. The Hall–Kier alpha value is -1.69. The van der Waals surface area contributed by atoms with Gasteiger partial charge in [-0.25, -0.2) is 4.99 Å². The molecule has 1 aliphatic heterocycles. The third-order valence-corrected chi connectivity index (χ3v) is 5.91. The summed E-state index contributed by atoms with van der Waals surface area (Å²) in [7, 11) is 0. The number of aliphatic imine (C=N–C) groups is 1. The molecular formula is C21H34N4OS. The molecule has 1 heterocycles. The van der Waals surface area contributed by atoms with Crippen molar-refractivity contribution in [3.05, 3.63) is 35.4 Å². The SMILES string of the molecule is CCNC(=NCc1cccc(C(=O)NC(C)(C)C)c1)NCC1(C)CCCS1. The highest BCUT2D eigenvalue weighted by atomic mass is 32.2. The molecule has 0 aromatic heterocycles. The molecule has 0 radical (unpaired) electrons. The Morgan fingerprint density at radius 1 is 1.30 bits per heavy atom. The van der Waals surface area contributed by atoms with Gasteiger partial charge in [0.15, 0.2) is 5.96 Å². The maximum absolute atomic E-state index is 12.4. The Bertz CT molecular complexity index is 660. The fourth-order valence-corrected chi connectivity index (χ4v) is 4.23. The number of amides is 1. The normalized spacial score (nSPS) is 20.4. The van der Waals surface area contributed by atoms with Gasteiger partial charge in [-0.15, -0.1) is 0 Å². The molecule has 2 rings (SSSR count). The number of nitrogens with zero attached hydrogens (tertiary/aromatic N) is 1. The van der Waals surface area contributed by atoms with Gasteiger partial charge in [-0.1, -0.05) is 12.1 Å². The first-order valence-corrected chi connectivity index (χ1v) is 10.8. The molecule has 1 fully saturated rings. The molecule has 1 amide bonds. The lowest BCUT2D eigenvalue weighted by Gasteiger charge is -2.24. The summed E-state index contributed by atoms with van der Waals surface area (Å²) in [6, 6.07) is 7.69. The van der Waals surface area contributed by atoms with Crippen molar-refractivity contribution >= 4 is 23.6 Å². The Labute approximate surface area is 168 Å². The Morgan fingerprint density at radius 3 is 2.70 bits per heavy atom. The second-order valence-electron chi connectivity index (χ2n) is 8.36. The summed E-state index contributed by atoms with van der Waals surface area (Å²) >= 11 is 2.04. The molecule has 1 atom stereocenters. The fourth-order valence-electron chi connectivity index (χ4n) is 2.98. The van der Waals surface area contributed by atoms with Gasteiger partial charge in [-0.2, -0.15) is 11.8 Å². The topological polar surface area (TPSA) is 65.5 Å². The molecule has 27 heavy (non-hydrogen) atoms. The highest BCUT2D eigenvalue weighted by Crippen LogP contribution is 2.36. The van der Waals surface area contributed by atoms with Crippen molar-refractivity contribution in [1.29, 1.82) is 0 Å². The summed E-state index contributed by atoms with van der Waals surface area (Å²) in [4.78, 5) is 17.1. The molecule has 150 valence electrons. The zero-order chi connectivity index (χ0) is 19.9. The molecule has 0 aliphatic carbocycles. The molecule has 0 spiro atoms. The van der Waals surface area contributed by atoms with E-state index < -0.39 is 0 Å². The average Bonchev–Trinajstić information content (AvgIpc) is 3.03. The van der Waals surface area contributed by atoms with Gasteiger partial charge in [0.05, 0.1) is 6.54 Å². The number of thioether (sulfide) groups is 1. The largest absolute Gasteiger partial charge is 0.357 e. The summed E-state index contributed by atoms with van der Waals surface area (Å²) in [5.41, 5.74) is 1.45. The molecule has 1 aromatic carbocycles. The molecule has 0 bridgehead atoms. The van der Waals surface area contributed by atoms with Crippen LogP contribution in [0.4, 0.5) is 0 Å². The summed E-state index contributed by atoms with van der Waals surface area (Å²) in [5, 5.41) is 9.80. The molecule has 0 saturated carbocycles. The van der Waals surface area contributed by atoms with Gasteiger partial charge < -0.3 is 16.0 Å².